The van der Waals surface area contributed by atoms with E-state index in [1.165, 1.54) is 5.56 Å². The Balaban J connectivity index is 2.41. The van der Waals surface area contributed by atoms with Gasteiger partial charge in [-0.25, -0.2) is 0 Å². The highest BCUT2D eigenvalue weighted by atomic mass is 16.1. The van der Waals surface area contributed by atoms with Crippen LogP contribution in [0.2, 0.25) is 0 Å². The minimum Gasteiger partial charge on any atom is -0.369 e. The number of hydrogen-bond donors (Lipinski definition) is 1. The van der Waals surface area contributed by atoms with Gasteiger partial charge >= 0.3 is 0 Å². The molecule has 2 N–H and O–H groups in total. The second-order valence-electron chi connectivity index (χ2n) is 7.07. The van der Waals surface area contributed by atoms with Gasteiger partial charge in [0.2, 0.25) is 5.91 Å². The molecule has 2 rings (SSSR count). The number of primary amides is 1. The molecule has 0 saturated heterocycles. The van der Waals surface area contributed by atoms with Crippen LogP contribution in [-0.2, 0) is 11.2 Å². The van der Waals surface area contributed by atoms with Crippen molar-refractivity contribution in [1.82, 2.24) is 0 Å². The zero-order valence-electron chi connectivity index (χ0n) is 13.5. The van der Waals surface area contributed by atoms with Crippen LogP contribution in [0.5, 0.6) is 0 Å². The van der Waals surface area contributed by atoms with Gasteiger partial charge in [0.15, 0.2) is 0 Å². The highest BCUT2D eigenvalue weighted by molar-refractivity contribution is 6.14. The summed E-state index contributed by atoms with van der Waals surface area (Å²) in [4.78, 5) is 16.8. The summed E-state index contributed by atoms with van der Waals surface area (Å²) in [6.07, 6.45) is 2.66. The third-order valence-corrected chi connectivity index (χ3v) is 4.05. The summed E-state index contributed by atoms with van der Waals surface area (Å²) in [5.41, 5.74) is 8.76. The van der Waals surface area contributed by atoms with E-state index in [0.717, 1.165) is 30.5 Å². The molecule has 0 spiro atoms. The van der Waals surface area contributed by atoms with Crippen LogP contribution < -0.4 is 5.73 Å². The van der Waals surface area contributed by atoms with Crippen molar-refractivity contribution in [3.8, 4) is 0 Å². The highest BCUT2D eigenvalue weighted by Gasteiger charge is 2.32. The van der Waals surface area contributed by atoms with Crippen molar-refractivity contribution in [3.05, 3.63) is 35.4 Å². The topological polar surface area (TPSA) is 55.5 Å². The minimum absolute atomic E-state index is 0.171. The third-order valence-electron chi connectivity index (χ3n) is 4.05. The molecule has 0 fully saturated rings. The Kier molecular flexibility index (Phi) is 4.50. The molecule has 1 aromatic rings. The molecule has 1 aromatic carbocycles. The molecule has 0 aliphatic carbocycles. The summed E-state index contributed by atoms with van der Waals surface area (Å²) in [5, 5.41) is 0. The van der Waals surface area contributed by atoms with E-state index in [2.05, 4.69) is 39.8 Å². The molecule has 1 aliphatic rings. The maximum Gasteiger partial charge on any atom is 0.226 e. The van der Waals surface area contributed by atoms with Crippen molar-refractivity contribution < 1.29 is 4.79 Å². The zero-order valence-corrected chi connectivity index (χ0v) is 13.5. The van der Waals surface area contributed by atoms with Crippen molar-refractivity contribution in [1.29, 1.82) is 0 Å². The van der Waals surface area contributed by atoms with E-state index < -0.39 is 0 Å². The first-order chi connectivity index (χ1) is 9.80. The molecule has 3 heteroatoms. The van der Waals surface area contributed by atoms with Crippen molar-refractivity contribution in [2.75, 3.05) is 0 Å². The largest absolute Gasteiger partial charge is 0.369 e. The molecule has 21 heavy (non-hydrogen) atoms. The lowest BCUT2D eigenvalue weighted by Gasteiger charge is -2.31. The van der Waals surface area contributed by atoms with Gasteiger partial charge in [-0.1, -0.05) is 38.1 Å². The summed E-state index contributed by atoms with van der Waals surface area (Å²) in [6, 6.07) is 8.25. The fraction of sp³-hybridized carbons (Fsp3) is 0.556. The van der Waals surface area contributed by atoms with Crippen LogP contribution in [0.3, 0.4) is 0 Å². The molecule has 1 heterocycles. The van der Waals surface area contributed by atoms with Gasteiger partial charge in [0.25, 0.3) is 0 Å². The quantitative estimate of drug-likeness (QED) is 0.886. The summed E-state index contributed by atoms with van der Waals surface area (Å²) >= 11 is 0. The Morgan fingerprint density at radius 1 is 1.29 bits per heavy atom. The molecule has 1 atom stereocenters. The van der Waals surface area contributed by atoms with E-state index in [0.29, 0.717) is 5.92 Å². The van der Waals surface area contributed by atoms with Crippen LogP contribution in [0, 0.1) is 11.8 Å². The normalized spacial score (nSPS) is 18.0. The van der Waals surface area contributed by atoms with Gasteiger partial charge in [-0.05, 0) is 50.2 Å². The molecular weight excluding hydrogens is 260 g/mol. The number of carbonyl (C=O) groups is 1. The maximum absolute atomic E-state index is 12.0. The number of amides is 1. The number of aliphatic imine (C=N–C) groups is 1. The maximum atomic E-state index is 12.0. The molecule has 0 unspecified atom stereocenters. The third kappa shape index (κ3) is 3.72. The van der Waals surface area contributed by atoms with Gasteiger partial charge in [0.1, 0.15) is 0 Å². The Morgan fingerprint density at radius 3 is 2.57 bits per heavy atom. The second kappa shape index (κ2) is 6.00. The molecule has 1 aliphatic heterocycles. The lowest BCUT2D eigenvalue weighted by Crippen LogP contribution is -2.37. The second-order valence-corrected chi connectivity index (χ2v) is 7.07. The molecule has 0 radical (unpaired) electrons. The van der Waals surface area contributed by atoms with E-state index in [-0.39, 0.29) is 17.4 Å². The van der Waals surface area contributed by atoms with Crippen molar-refractivity contribution in [2.45, 2.75) is 52.5 Å². The molecule has 0 saturated carbocycles. The number of carbonyl (C=O) groups excluding carboxylic acids is 1. The van der Waals surface area contributed by atoms with Crippen LogP contribution in [0.4, 0.5) is 0 Å². The van der Waals surface area contributed by atoms with Gasteiger partial charge in [0.05, 0.1) is 17.2 Å². The van der Waals surface area contributed by atoms with E-state index in [1.807, 2.05) is 12.1 Å². The smallest absolute Gasteiger partial charge is 0.226 e. The lowest BCUT2D eigenvalue weighted by molar-refractivity contribution is -0.120. The predicted molar refractivity (Wildman–Crippen MR) is 87.5 cm³/mol. The van der Waals surface area contributed by atoms with Crippen LogP contribution in [0.1, 0.15) is 51.7 Å². The first-order valence-corrected chi connectivity index (χ1v) is 7.77. The summed E-state index contributed by atoms with van der Waals surface area (Å²) in [5.74, 6) is 0.00863. The summed E-state index contributed by atoms with van der Waals surface area (Å²) in [7, 11) is 0. The Morgan fingerprint density at radius 2 is 1.95 bits per heavy atom. The van der Waals surface area contributed by atoms with Crippen molar-refractivity contribution in [2.24, 2.45) is 22.6 Å². The molecule has 3 nitrogen and oxygen atoms in total. The zero-order chi connectivity index (χ0) is 15.6. The van der Waals surface area contributed by atoms with Crippen LogP contribution in [-0.4, -0.2) is 17.2 Å². The number of nitrogens with two attached hydrogens (primary N) is 1. The highest BCUT2D eigenvalue weighted by Crippen LogP contribution is 2.31. The Labute approximate surface area is 127 Å². The molecular formula is C18H26N2O. The van der Waals surface area contributed by atoms with E-state index in [4.69, 9.17) is 10.7 Å². The van der Waals surface area contributed by atoms with Crippen molar-refractivity contribution >= 4 is 11.6 Å². The average molecular weight is 286 g/mol. The number of nitrogens with zero attached hydrogens (tertiary/aromatic N) is 1. The number of hydrogen-bond acceptors (Lipinski definition) is 2. The fourth-order valence-electron chi connectivity index (χ4n) is 3.00. The van der Waals surface area contributed by atoms with Gasteiger partial charge in [0, 0.05) is 0 Å². The van der Waals surface area contributed by atoms with E-state index >= 15 is 0 Å². The fourth-order valence-corrected chi connectivity index (χ4v) is 3.00. The monoisotopic (exact) mass is 286 g/mol. The van der Waals surface area contributed by atoms with Gasteiger partial charge < -0.3 is 5.73 Å². The summed E-state index contributed by atoms with van der Waals surface area (Å²) in [6.45, 7) is 8.56. The number of fused-ring (bicyclic) bond motifs is 1. The predicted octanol–water partition coefficient (Wildman–Crippen LogP) is 3.35. The van der Waals surface area contributed by atoms with Gasteiger partial charge in [-0.2, -0.15) is 0 Å². The summed E-state index contributed by atoms with van der Waals surface area (Å²) < 4.78 is 0. The van der Waals surface area contributed by atoms with E-state index in [9.17, 15) is 4.79 Å². The minimum atomic E-state index is -0.284. The van der Waals surface area contributed by atoms with Crippen LogP contribution >= 0.6 is 0 Å². The van der Waals surface area contributed by atoms with Crippen LogP contribution in [0.25, 0.3) is 0 Å². The average Bonchev–Trinajstić information content (AvgIpc) is 2.36. The number of benzene rings is 1. The molecule has 0 aromatic heterocycles. The standard InChI is InChI=1S/C18H26N2O/c1-12(2)9-10-15(17(19)21)16-14-8-6-5-7-13(14)11-18(3,4)20-16/h5-8,12,15H,9-11H2,1-4H3,(H2,19,21)/t15-/m0/s1. The first-order valence-electron chi connectivity index (χ1n) is 7.77. The van der Waals surface area contributed by atoms with E-state index in [1.54, 1.807) is 0 Å². The molecule has 1 amide bonds. The lowest BCUT2D eigenvalue weighted by atomic mass is 9.81. The van der Waals surface area contributed by atoms with Gasteiger partial charge in [-0.3, -0.25) is 9.79 Å². The Hall–Kier alpha value is -1.64. The SMILES string of the molecule is CC(C)CC[C@H](C(N)=O)C1=NC(C)(C)Cc2ccccc21. The molecule has 0 bridgehead atoms. The number of rotatable bonds is 5. The molecule has 114 valence electrons. The van der Waals surface area contributed by atoms with Gasteiger partial charge in [-0.15, -0.1) is 0 Å². The van der Waals surface area contributed by atoms with Crippen molar-refractivity contribution in [3.63, 3.8) is 0 Å². The van der Waals surface area contributed by atoms with Crippen LogP contribution in [0.15, 0.2) is 29.3 Å². The Bertz CT molecular complexity index is 558. The first kappa shape index (κ1) is 15.7.